The van der Waals surface area contributed by atoms with Crippen molar-refractivity contribution in [2.45, 2.75) is 39.5 Å². The van der Waals surface area contributed by atoms with Gasteiger partial charge in [-0.15, -0.1) is 0 Å². The first-order chi connectivity index (χ1) is 15.3. The van der Waals surface area contributed by atoms with Crippen molar-refractivity contribution in [2.24, 2.45) is 0 Å². The van der Waals surface area contributed by atoms with E-state index in [4.69, 9.17) is 4.74 Å². The monoisotopic (exact) mass is 430 g/mol. The molecule has 0 saturated heterocycles. The van der Waals surface area contributed by atoms with Gasteiger partial charge in [0.2, 0.25) is 0 Å². The van der Waals surface area contributed by atoms with Crippen LogP contribution in [0.1, 0.15) is 60.4 Å². The van der Waals surface area contributed by atoms with E-state index in [0.717, 1.165) is 12.2 Å². The van der Waals surface area contributed by atoms with Gasteiger partial charge in [-0.05, 0) is 72.0 Å². The topological polar surface area (TPSA) is 67.4 Å². The fourth-order valence-corrected chi connectivity index (χ4v) is 3.13. The van der Waals surface area contributed by atoms with Crippen LogP contribution in [0.3, 0.4) is 0 Å². The summed E-state index contributed by atoms with van der Waals surface area (Å²) in [6.07, 6.45) is 0.928. The average molecular weight is 431 g/mol. The Balaban J connectivity index is 1.63. The second kappa shape index (κ2) is 10.1. The molecule has 5 nitrogen and oxygen atoms in total. The molecule has 0 heterocycles. The summed E-state index contributed by atoms with van der Waals surface area (Å²) in [5.74, 6) is 0.313. The highest BCUT2D eigenvalue weighted by Crippen LogP contribution is 2.23. The van der Waals surface area contributed by atoms with Crippen molar-refractivity contribution in [2.75, 3.05) is 17.2 Å². The molecule has 0 aliphatic rings. The zero-order valence-electron chi connectivity index (χ0n) is 19.1. The number of hydrogen-bond donors (Lipinski definition) is 2. The smallest absolute Gasteiger partial charge is 0.255 e. The molecule has 0 aromatic heterocycles. The Morgan fingerprint density at radius 2 is 1.28 bits per heavy atom. The largest absolute Gasteiger partial charge is 0.494 e. The Labute approximate surface area is 189 Å². The van der Waals surface area contributed by atoms with Gasteiger partial charge in [-0.2, -0.15) is 0 Å². The van der Waals surface area contributed by atoms with E-state index < -0.39 is 0 Å². The van der Waals surface area contributed by atoms with Crippen LogP contribution in [-0.4, -0.2) is 18.4 Å². The second-order valence-electron chi connectivity index (χ2n) is 8.69. The lowest BCUT2D eigenvalue weighted by Crippen LogP contribution is -2.15. The summed E-state index contributed by atoms with van der Waals surface area (Å²) in [6.45, 7) is 9.09. The third-order valence-electron chi connectivity index (χ3n) is 4.98. The van der Waals surface area contributed by atoms with E-state index in [1.54, 1.807) is 48.5 Å². The first-order valence-electron chi connectivity index (χ1n) is 10.8. The number of rotatable bonds is 7. The molecule has 2 N–H and O–H groups in total. The minimum absolute atomic E-state index is 0.0321. The Kier molecular flexibility index (Phi) is 7.31. The van der Waals surface area contributed by atoms with Gasteiger partial charge in [-0.1, -0.05) is 45.9 Å². The second-order valence-corrected chi connectivity index (χ2v) is 8.69. The Morgan fingerprint density at radius 1 is 0.781 bits per heavy atom. The molecule has 32 heavy (non-hydrogen) atoms. The van der Waals surface area contributed by atoms with Gasteiger partial charge >= 0.3 is 0 Å². The van der Waals surface area contributed by atoms with Crippen LogP contribution in [0.4, 0.5) is 11.4 Å². The summed E-state index contributed by atoms with van der Waals surface area (Å²) in [4.78, 5) is 25.2. The van der Waals surface area contributed by atoms with E-state index in [9.17, 15) is 9.59 Å². The average Bonchev–Trinajstić information content (AvgIpc) is 2.77. The molecular formula is C27H30N2O3. The van der Waals surface area contributed by atoms with Crippen LogP contribution in [0.15, 0.2) is 72.8 Å². The van der Waals surface area contributed by atoms with Crippen molar-refractivity contribution in [3.8, 4) is 5.75 Å². The highest BCUT2D eigenvalue weighted by molar-refractivity contribution is 6.06. The summed E-state index contributed by atoms with van der Waals surface area (Å²) >= 11 is 0. The molecule has 0 bridgehead atoms. The fraction of sp³-hybridized carbons (Fsp3) is 0.259. The van der Waals surface area contributed by atoms with E-state index in [0.29, 0.717) is 29.1 Å². The van der Waals surface area contributed by atoms with Crippen molar-refractivity contribution >= 4 is 23.2 Å². The van der Waals surface area contributed by atoms with Crippen molar-refractivity contribution in [3.05, 3.63) is 89.5 Å². The lowest BCUT2D eigenvalue weighted by atomic mass is 9.87. The number of carbonyl (C=O) groups is 2. The molecule has 0 aliphatic carbocycles. The molecular weight excluding hydrogens is 400 g/mol. The van der Waals surface area contributed by atoms with E-state index in [1.807, 2.05) is 31.2 Å². The van der Waals surface area contributed by atoms with Crippen molar-refractivity contribution in [3.63, 3.8) is 0 Å². The van der Waals surface area contributed by atoms with Crippen LogP contribution in [0.5, 0.6) is 5.75 Å². The van der Waals surface area contributed by atoms with Crippen LogP contribution in [0.2, 0.25) is 0 Å². The van der Waals surface area contributed by atoms with Crippen LogP contribution >= 0.6 is 0 Å². The van der Waals surface area contributed by atoms with E-state index in [-0.39, 0.29) is 17.2 Å². The molecule has 0 radical (unpaired) electrons. The molecule has 166 valence electrons. The maximum atomic E-state index is 12.6. The minimum Gasteiger partial charge on any atom is -0.494 e. The standard InChI is InChI=1S/C27H30N2O3/c1-5-17-32-24-15-11-20(12-16-24)26(31)29-23-8-6-7-22(18-23)28-25(30)19-9-13-21(14-10-19)27(2,3)4/h6-16,18H,5,17H2,1-4H3,(H,28,30)(H,29,31). The van der Waals surface area contributed by atoms with Gasteiger partial charge in [0.25, 0.3) is 11.8 Å². The predicted molar refractivity (Wildman–Crippen MR) is 130 cm³/mol. The molecule has 0 unspecified atom stereocenters. The van der Waals surface area contributed by atoms with Gasteiger partial charge in [0, 0.05) is 22.5 Å². The van der Waals surface area contributed by atoms with Gasteiger partial charge in [0.05, 0.1) is 6.61 Å². The normalized spacial score (nSPS) is 11.0. The summed E-state index contributed by atoms with van der Waals surface area (Å²) in [5.41, 5.74) is 3.52. The zero-order chi connectivity index (χ0) is 23.1. The molecule has 0 aliphatic heterocycles. The number of nitrogens with one attached hydrogen (secondary N) is 2. The summed E-state index contributed by atoms with van der Waals surface area (Å²) in [6, 6.07) is 21.7. The summed E-state index contributed by atoms with van der Waals surface area (Å²) in [5, 5.41) is 5.76. The molecule has 3 aromatic rings. The summed E-state index contributed by atoms with van der Waals surface area (Å²) < 4.78 is 5.55. The number of carbonyl (C=O) groups excluding carboxylic acids is 2. The van der Waals surface area contributed by atoms with E-state index in [2.05, 4.69) is 31.4 Å². The maximum absolute atomic E-state index is 12.6. The Bertz CT molecular complexity index is 1070. The molecule has 5 heteroatoms. The lowest BCUT2D eigenvalue weighted by molar-refractivity contribution is 0.101. The molecule has 2 amide bonds. The molecule has 0 saturated carbocycles. The quantitative estimate of drug-likeness (QED) is 0.464. The van der Waals surface area contributed by atoms with Crippen LogP contribution in [0, 0.1) is 0 Å². The van der Waals surface area contributed by atoms with Gasteiger partial charge in [-0.3, -0.25) is 9.59 Å². The minimum atomic E-state index is -0.228. The van der Waals surface area contributed by atoms with Crippen LogP contribution < -0.4 is 15.4 Å². The number of benzene rings is 3. The van der Waals surface area contributed by atoms with E-state index in [1.165, 1.54) is 5.56 Å². The first-order valence-corrected chi connectivity index (χ1v) is 10.8. The van der Waals surface area contributed by atoms with Gasteiger partial charge < -0.3 is 15.4 Å². The maximum Gasteiger partial charge on any atom is 0.255 e. The molecule has 0 fully saturated rings. The van der Waals surface area contributed by atoms with Gasteiger partial charge in [0.15, 0.2) is 0 Å². The zero-order valence-corrected chi connectivity index (χ0v) is 19.1. The molecule has 3 rings (SSSR count). The van der Waals surface area contributed by atoms with E-state index >= 15 is 0 Å². The first kappa shape index (κ1) is 23.1. The summed E-state index contributed by atoms with van der Waals surface area (Å²) in [7, 11) is 0. The van der Waals surface area contributed by atoms with Crippen molar-refractivity contribution in [1.82, 2.24) is 0 Å². The van der Waals surface area contributed by atoms with Crippen molar-refractivity contribution < 1.29 is 14.3 Å². The number of ether oxygens (including phenoxy) is 1. The third-order valence-corrected chi connectivity index (χ3v) is 4.98. The van der Waals surface area contributed by atoms with Crippen molar-refractivity contribution in [1.29, 1.82) is 0 Å². The molecule has 0 atom stereocenters. The number of amides is 2. The number of hydrogen-bond acceptors (Lipinski definition) is 3. The van der Waals surface area contributed by atoms with Gasteiger partial charge in [-0.25, -0.2) is 0 Å². The molecule has 3 aromatic carbocycles. The highest BCUT2D eigenvalue weighted by atomic mass is 16.5. The third kappa shape index (κ3) is 6.20. The predicted octanol–water partition coefficient (Wildman–Crippen LogP) is 6.28. The number of anilines is 2. The molecule has 0 spiro atoms. The fourth-order valence-electron chi connectivity index (χ4n) is 3.13. The van der Waals surface area contributed by atoms with Crippen LogP contribution in [0.25, 0.3) is 0 Å². The Hall–Kier alpha value is -3.60. The Morgan fingerprint density at radius 3 is 1.75 bits per heavy atom. The van der Waals surface area contributed by atoms with Crippen LogP contribution in [-0.2, 0) is 5.41 Å². The SMILES string of the molecule is CCCOc1ccc(C(=O)Nc2cccc(NC(=O)c3ccc(C(C)(C)C)cc3)c2)cc1. The highest BCUT2D eigenvalue weighted by Gasteiger charge is 2.14. The lowest BCUT2D eigenvalue weighted by Gasteiger charge is -2.19. The van der Waals surface area contributed by atoms with Gasteiger partial charge in [0.1, 0.15) is 5.75 Å².